The van der Waals surface area contributed by atoms with Crippen LogP contribution in [-0.2, 0) is 4.79 Å². The monoisotopic (exact) mass is 400 g/mol. The van der Waals surface area contributed by atoms with Gasteiger partial charge in [-0.15, -0.1) is 0 Å². The number of fused-ring (bicyclic) bond motifs is 1. The predicted octanol–water partition coefficient (Wildman–Crippen LogP) is 2.55. The molecule has 0 fully saturated rings. The van der Waals surface area contributed by atoms with Crippen LogP contribution in [0, 0.1) is 12.3 Å². The first-order chi connectivity index (χ1) is 13.5. The first kappa shape index (κ1) is 19.9. The van der Waals surface area contributed by atoms with Crippen LogP contribution in [0.4, 0.5) is 0 Å². The fourth-order valence-corrected chi connectivity index (χ4v) is 3.64. The van der Waals surface area contributed by atoms with E-state index in [1.54, 1.807) is 11.7 Å². The fourth-order valence-electron chi connectivity index (χ4n) is 2.80. The maximum Gasteiger partial charge on any atom is 0.230 e. The Morgan fingerprint density at radius 3 is 3.00 bits per heavy atom. The summed E-state index contributed by atoms with van der Waals surface area (Å²) in [5, 5.41) is 19.9. The Labute approximate surface area is 167 Å². The number of carbonyl (C=O) groups is 1. The molecular formula is C19H24N6O2S. The number of nitrogens with zero attached hydrogens (tertiary/aromatic N) is 3. The molecule has 28 heavy (non-hydrogen) atoms. The Balaban J connectivity index is 2.00. The van der Waals surface area contributed by atoms with Gasteiger partial charge in [-0.25, -0.2) is 4.98 Å². The minimum absolute atomic E-state index is 0.0534. The van der Waals surface area contributed by atoms with Gasteiger partial charge in [0.1, 0.15) is 11.2 Å². The summed E-state index contributed by atoms with van der Waals surface area (Å²) in [6.07, 6.45) is 1.98. The minimum atomic E-state index is -0.0534. The molecule has 0 saturated carbocycles. The smallest absolute Gasteiger partial charge is 0.230 e. The number of methoxy groups -OCH3 is 1. The molecule has 0 unspecified atom stereocenters. The summed E-state index contributed by atoms with van der Waals surface area (Å²) in [5.41, 5.74) is 2.25. The second kappa shape index (κ2) is 8.92. The van der Waals surface area contributed by atoms with Crippen LogP contribution >= 0.6 is 11.8 Å². The van der Waals surface area contributed by atoms with Crippen LogP contribution in [0.3, 0.4) is 0 Å². The summed E-state index contributed by atoms with van der Waals surface area (Å²) in [5.74, 6) is 0.846. The van der Waals surface area contributed by atoms with E-state index in [0.717, 1.165) is 24.2 Å². The number of thioether (sulfide) groups is 1. The number of aryl methyl sites for hydroxylation is 1. The number of aromatic nitrogens is 4. The van der Waals surface area contributed by atoms with Gasteiger partial charge in [0.2, 0.25) is 5.91 Å². The molecule has 2 heterocycles. The summed E-state index contributed by atoms with van der Waals surface area (Å²) in [4.78, 5) is 16.7. The molecule has 2 aromatic heterocycles. The van der Waals surface area contributed by atoms with E-state index < -0.39 is 0 Å². The second-order valence-electron chi connectivity index (χ2n) is 6.32. The van der Waals surface area contributed by atoms with Crippen molar-refractivity contribution in [3.05, 3.63) is 35.4 Å². The standard InChI is InChI=1S/C19H24N6O2S/c1-4-5-9-21-15(26)11-28-19-22-18-16(12(2)23-24-18)17(20)25(19)13-7-6-8-14(10-13)27-3/h6-8,10,20H,4-5,9,11H2,1-3H3,(H,21,26)(H,23,24). The number of amides is 1. The van der Waals surface area contributed by atoms with Gasteiger partial charge >= 0.3 is 0 Å². The van der Waals surface area contributed by atoms with Gasteiger partial charge in [-0.05, 0) is 25.5 Å². The topological polar surface area (TPSA) is 109 Å². The summed E-state index contributed by atoms with van der Waals surface area (Å²) in [7, 11) is 1.60. The lowest BCUT2D eigenvalue weighted by atomic mass is 10.2. The Hall–Kier alpha value is -2.81. The molecular weight excluding hydrogens is 376 g/mol. The third-order valence-electron chi connectivity index (χ3n) is 4.28. The summed E-state index contributed by atoms with van der Waals surface area (Å²) < 4.78 is 7.04. The average molecular weight is 401 g/mol. The molecule has 9 heteroatoms. The van der Waals surface area contributed by atoms with Gasteiger partial charge in [-0.1, -0.05) is 31.2 Å². The lowest BCUT2D eigenvalue weighted by molar-refractivity contribution is -0.118. The van der Waals surface area contributed by atoms with E-state index >= 15 is 0 Å². The van der Waals surface area contributed by atoms with Crippen LogP contribution in [-0.4, -0.2) is 45.1 Å². The van der Waals surface area contributed by atoms with E-state index in [-0.39, 0.29) is 17.1 Å². The van der Waals surface area contributed by atoms with Gasteiger partial charge in [0.15, 0.2) is 10.8 Å². The fraction of sp³-hybridized carbons (Fsp3) is 0.368. The largest absolute Gasteiger partial charge is 0.497 e. The van der Waals surface area contributed by atoms with E-state index in [1.165, 1.54) is 11.8 Å². The SMILES string of the molecule is CCCCNC(=O)CSc1nc2n[nH]c(C)c2c(=N)n1-c1cccc(OC)c1. The molecule has 8 nitrogen and oxygen atoms in total. The molecule has 0 atom stereocenters. The number of aromatic amines is 1. The van der Waals surface area contributed by atoms with Crippen LogP contribution in [0.1, 0.15) is 25.5 Å². The van der Waals surface area contributed by atoms with Crippen molar-refractivity contribution in [1.82, 2.24) is 25.1 Å². The highest BCUT2D eigenvalue weighted by Gasteiger charge is 2.16. The van der Waals surface area contributed by atoms with E-state index in [9.17, 15) is 4.79 Å². The quantitative estimate of drug-likeness (QED) is 0.306. The van der Waals surface area contributed by atoms with Crippen molar-refractivity contribution < 1.29 is 9.53 Å². The Morgan fingerprint density at radius 1 is 1.43 bits per heavy atom. The van der Waals surface area contributed by atoms with Crippen molar-refractivity contribution in [2.75, 3.05) is 19.4 Å². The van der Waals surface area contributed by atoms with Crippen molar-refractivity contribution in [1.29, 1.82) is 5.41 Å². The van der Waals surface area contributed by atoms with Crippen LogP contribution in [0.25, 0.3) is 16.7 Å². The van der Waals surface area contributed by atoms with Crippen molar-refractivity contribution >= 4 is 28.7 Å². The number of nitrogens with one attached hydrogen (secondary N) is 3. The average Bonchev–Trinajstić information content (AvgIpc) is 3.07. The van der Waals surface area contributed by atoms with Crippen molar-refractivity contribution in [3.8, 4) is 11.4 Å². The number of H-pyrrole nitrogens is 1. The first-order valence-electron chi connectivity index (χ1n) is 9.11. The van der Waals surface area contributed by atoms with Crippen LogP contribution in [0.5, 0.6) is 5.75 Å². The Kier molecular flexibility index (Phi) is 6.35. The molecule has 3 aromatic rings. The molecule has 148 valence electrons. The summed E-state index contributed by atoms with van der Waals surface area (Å²) in [6, 6.07) is 7.43. The third-order valence-corrected chi connectivity index (χ3v) is 5.22. The highest BCUT2D eigenvalue weighted by Crippen LogP contribution is 2.23. The van der Waals surface area contributed by atoms with Gasteiger partial charge in [0.25, 0.3) is 0 Å². The lowest BCUT2D eigenvalue weighted by Gasteiger charge is -2.14. The number of unbranched alkanes of at least 4 members (excludes halogenated alkanes) is 1. The zero-order valence-electron chi connectivity index (χ0n) is 16.2. The van der Waals surface area contributed by atoms with Crippen molar-refractivity contribution in [2.24, 2.45) is 0 Å². The molecule has 0 radical (unpaired) electrons. The van der Waals surface area contributed by atoms with Gasteiger partial charge in [0, 0.05) is 18.3 Å². The highest BCUT2D eigenvalue weighted by molar-refractivity contribution is 7.99. The molecule has 0 spiro atoms. The number of rotatable bonds is 8. The summed E-state index contributed by atoms with van der Waals surface area (Å²) in [6.45, 7) is 4.61. The number of hydrogen-bond acceptors (Lipinski definition) is 6. The zero-order valence-corrected chi connectivity index (χ0v) is 17.0. The molecule has 1 aromatic carbocycles. The summed E-state index contributed by atoms with van der Waals surface area (Å²) >= 11 is 1.28. The van der Waals surface area contributed by atoms with Crippen LogP contribution in [0.15, 0.2) is 29.4 Å². The number of hydrogen-bond donors (Lipinski definition) is 3. The van der Waals surface area contributed by atoms with Crippen molar-refractivity contribution in [3.63, 3.8) is 0 Å². The first-order valence-corrected chi connectivity index (χ1v) is 10.1. The van der Waals surface area contributed by atoms with Crippen LogP contribution < -0.4 is 15.5 Å². The highest BCUT2D eigenvalue weighted by atomic mass is 32.2. The predicted molar refractivity (Wildman–Crippen MR) is 109 cm³/mol. The Morgan fingerprint density at radius 2 is 2.25 bits per heavy atom. The van der Waals surface area contributed by atoms with Gasteiger partial charge in [0.05, 0.1) is 23.9 Å². The van der Waals surface area contributed by atoms with E-state index in [2.05, 4.69) is 27.4 Å². The molecule has 0 aliphatic heterocycles. The van der Waals surface area contributed by atoms with Gasteiger partial charge < -0.3 is 10.1 Å². The number of benzene rings is 1. The second-order valence-corrected chi connectivity index (χ2v) is 7.26. The van der Waals surface area contributed by atoms with Gasteiger partial charge in [-0.3, -0.25) is 19.9 Å². The lowest BCUT2D eigenvalue weighted by Crippen LogP contribution is -2.27. The molecule has 0 bridgehead atoms. The Bertz CT molecular complexity index is 1040. The normalized spacial score (nSPS) is 11.0. The van der Waals surface area contributed by atoms with E-state index in [1.807, 2.05) is 31.2 Å². The van der Waals surface area contributed by atoms with Gasteiger partial charge in [-0.2, -0.15) is 5.10 Å². The molecule has 3 rings (SSSR count). The molecule has 0 saturated heterocycles. The molecule has 1 amide bonds. The van der Waals surface area contributed by atoms with Crippen molar-refractivity contribution in [2.45, 2.75) is 31.8 Å². The molecule has 0 aliphatic rings. The number of ether oxygens (including phenoxy) is 1. The van der Waals surface area contributed by atoms with E-state index in [0.29, 0.717) is 28.5 Å². The zero-order chi connectivity index (χ0) is 20.1. The number of carbonyl (C=O) groups excluding carboxylic acids is 1. The molecule has 3 N–H and O–H groups in total. The molecule has 0 aliphatic carbocycles. The maximum absolute atomic E-state index is 12.1. The minimum Gasteiger partial charge on any atom is -0.497 e. The third kappa shape index (κ3) is 4.19. The maximum atomic E-state index is 12.1. The van der Waals surface area contributed by atoms with E-state index in [4.69, 9.17) is 10.1 Å². The van der Waals surface area contributed by atoms with Crippen LogP contribution in [0.2, 0.25) is 0 Å².